The maximum absolute atomic E-state index is 11.0. The van der Waals surface area contributed by atoms with Crippen LogP contribution in [0.5, 0.6) is 5.75 Å². The summed E-state index contributed by atoms with van der Waals surface area (Å²) in [6.07, 6.45) is 0. The van der Waals surface area contributed by atoms with Gasteiger partial charge in [-0.1, -0.05) is 152 Å². The Bertz CT molecular complexity index is 3320. The van der Waals surface area contributed by atoms with E-state index in [0.717, 1.165) is 66.7 Å². The Hall–Kier alpha value is -7.69. The highest BCUT2D eigenvalue weighted by atomic mass is 16.3. The molecular formula is C53H33N3O. The molecule has 0 aliphatic heterocycles. The molecule has 3 heterocycles. The van der Waals surface area contributed by atoms with Crippen LogP contribution in [0.25, 0.3) is 110 Å². The SMILES string of the molecule is Oc1ccccc1-c1cc(-c2ccccc2)c2ccc3c(-c4ccccc4)cc(-c4cccc(-c5ccc6c7ccccc7c7ccccc7c6c5)n4)nc3c2n1. The Balaban J connectivity index is 1.15. The van der Waals surface area contributed by atoms with Gasteiger partial charge >= 0.3 is 0 Å². The van der Waals surface area contributed by atoms with Gasteiger partial charge in [-0.25, -0.2) is 15.0 Å². The van der Waals surface area contributed by atoms with Crippen LogP contribution in [0, 0.1) is 0 Å². The van der Waals surface area contributed by atoms with E-state index in [0.29, 0.717) is 11.3 Å². The molecule has 0 aliphatic rings. The molecule has 11 rings (SSSR count). The number of benzene rings is 8. The molecule has 0 saturated heterocycles. The first-order valence-electron chi connectivity index (χ1n) is 19.2. The lowest BCUT2D eigenvalue weighted by Crippen LogP contribution is -1.97. The second-order valence-electron chi connectivity index (χ2n) is 14.5. The van der Waals surface area contributed by atoms with Crippen molar-refractivity contribution in [1.82, 2.24) is 15.0 Å². The van der Waals surface area contributed by atoms with Gasteiger partial charge in [0.25, 0.3) is 0 Å². The number of rotatable bonds is 5. The highest BCUT2D eigenvalue weighted by molar-refractivity contribution is 6.25. The van der Waals surface area contributed by atoms with Gasteiger partial charge in [-0.3, -0.25) is 0 Å². The molecule has 4 heteroatoms. The molecule has 3 aromatic heterocycles. The normalized spacial score (nSPS) is 11.6. The summed E-state index contributed by atoms with van der Waals surface area (Å²) in [6, 6.07) is 66.9. The van der Waals surface area contributed by atoms with E-state index in [9.17, 15) is 5.11 Å². The van der Waals surface area contributed by atoms with Crippen LogP contribution in [0.3, 0.4) is 0 Å². The Morgan fingerprint density at radius 3 is 1.35 bits per heavy atom. The van der Waals surface area contributed by atoms with Gasteiger partial charge in [0, 0.05) is 21.9 Å². The lowest BCUT2D eigenvalue weighted by molar-refractivity contribution is 0.477. The first-order valence-corrected chi connectivity index (χ1v) is 19.2. The largest absolute Gasteiger partial charge is 0.507 e. The number of nitrogens with zero attached hydrogens (tertiary/aromatic N) is 3. The molecule has 0 fully saturated rings. The molecule has 57 heavy (non-hydrogen) atoms. The second-order valence-corrected chi connectivity index (χ2v) is 14.5. The monoisotopic (exact) mass is 727 g/mol. The van der Waals surface area contributed by atoms with Crippen LogP contribution < -0.4 is 0 Å². The molecule has 0 radical (unpaired) electrons. The highest BCUT2D eigenvalue weighted by Gasteiger charge is 2.19. The molecule has 266 valence electrons. The lowest BCUT2D eigenvalue weighted by atomic mass is 9.93. The number of aromatic hydroxyl groups is 1. The minimum absolute atomic E-state index is 0.179. The van der Waals surface area contributed by atoms with Crippen molar-refractivity contribution in [1.29, 1.82) is 0 Å². The fourth-order valence-electron chi connectivity index (χ4n) is 8.45. The Kier molecular flexibility index (Phi) is 7.61. The molecular weight excluding hydrogens is 695 g/mol. The molecule has 0 spiro atoms. The molecule has 4 nitrogen and oxygen atoms in total. The van der Waals surface area contributed by atoms with Gasteiger partial charge < -0.3 is 5.11 Å². The van der Waals surface area contributed by atoms with E-state index in [1.165, 1.54) is 32.3 Å². The van der Waals surface area contributed by atoms with Crippen LogP contribution in [0.1, 0.15) is 0 Å². The first kappa shape index (κ1) is 32.7. The van der Waals surface area contributed by atoms with Crippen molar-refractivity contribution in [3.8, 4) is 61.9 Å². The number of fused-ring (bicyclic) bond motifs is 9. The highest BCUT2D eigenvalue weighted by Crippen LogP contribution is 2.41. The van der Waals surface area contributed by atoms with Crippen LogP contribution in [0.2, 0.25) is 0 Å². The van der Waals surface area contributed by atoms with Gasteiger partial charge in [-0.15, -0.1) is 0 Å². The van der Waals surface area contributed by atoms with E-state index < -0.39 is 0 Å². The predicted molar refractivity (Wildman–Crippen MR) is 236 cm³/mol. The van der Waals surface area contributed by atoms with Gasteiger partial charge in [0.1, 0.15) is 5.75 Å². The summed E-state index contributed by atoms with van der Waals surface area (Å²) in [5.74, 6) is 0.179. The van der Waals surface area contributed by atoms with Crippen molar-refractivity contribution < 1.29 is 5.11 Å². The molecule has 1 N–H and O–H groups in total. The molecule has 0 atom stereocenters. The van der Waals surface area contributed by atoms with Crippen LogP contribution in [-0.2, 0) is 0 Å². The summed E-state index contributed by atoms with van der Waals surface area (Å²) in [5, 5.41) is 20.4. The second kappa shape index (κ2) is 13.3. The maximum Gasteiger partial charge on any atom is 0.124 e. The van der Waals surface area contributed by atoms with Gasteiger partial charge in [0.15, 0.2) is 0 Å². The third-order valence-electron chi connectivity index (χ3n) is 11.2. The smallest absolute Gasteiger partial charge is 0.124 e. The van der Waals surface area contributed by atoms with Crippen molar-refractivity contribution in [2.45, 2.75) is 0 Å². The summed E-state index contributed by atoms with van der Waals surface area (Å²) in [4.78, 5) is 16.0. The van der Waals surface area contributed by atoms with Crippen molar-refractivity contribution in [3.63, 3.8) is 0 Å². The van der Waals surface area contributed by atoms with E-state index in [-0.39, 0.29) is 5.75 Å². The number of hydrogen-bond acceptors (Lipinski definition) is 4. The summed E-state index contributed by atoms with van der Waals surface area (Å²) in [7, 11) is 0. The summed E-state index contributed by atoms with van der Waals surface area (Å²) < 4.78 is 0. The summed E-state index contributed by atoms with van der Waals surface area (Å²) >= 11 is 0. The minimum atomic E-state index is 0.179. The molecule has 8 aromatic carbocycles. The topological polar surface area (TPSA) is 58.9 Å². The maximum atomic E-state index is 11.0. The number of phenols is 1. The molecule has 0 bridgehead atoms. The number of phenolic OH excluding ortho intramolecular Hbond substituents is 1. The fourth-order valence-corrected chi connectivity index (χ4v) is 8.45. The Morgan fingerprint density at radius 2 is 0.737 bits per heavy atom. The van der Waals surface area contributed by atoms with E-state index in [1.54, 1.807) is 6.07 Å². The minimum Gasteiger partial charge on any atom is -0.507 e. The van der Waals surface area contributed by atoms with Gasteiger partial charge in [-0.2, -0.15) is 0 Å². The zero-order valence-corrected chi connectivity index (χ0v) is 30.8. The number of para-hydroxylation sites is 1. The van der Waals surface area contributed by atoms with Gasteiger partial charge in [0.05, 0.1) is 33.8 Å². The van der Waals surface area contributed by atoms with E-state index >= 15 is 0 Å². The Labute approximate surface area is 329 Å². The lowest BCUT2D eigenvalue weighted by Gasteiger charge is -2.16. The molecule has 0 aliphatic carbocycles. The van der Waals surface area contributed by atoms with E-state index in [1.807, 2.05) is 48.5 Å². The number of pyridine rings is 3. The molecule has 11 aromatic rings. The van der Waals surface area contributed by atoms with Crippen LogP contribution in [0.4, 0.5) is 0 Å². The summed E-state index contributed by atoms with van der Waals surface area (Å²) in [5.41, 5.74) is 10.5. The van der Waals surface area contributed by atoms with Crippen LogP contribution in [0.15, 0.2) is 194 Å². The predicted octanol–water partition coefficient (Wildman–Crippen LogP) is 13.7. The zero-order valence-electron chi connectivity index (χ0n) is 30.8. The summed E-state index contributed by atoms with van der Waals surface area (Å²) in [6.45, 7) is 0. The Morgan fingerprint density at radius 1 is 0.263 bits per heavy atom. The van der Waals surface area contributed by atoms with Crippen molar-refractivity contribution >= 4 is 54.1 Å². The van der Waals surface area contributed by atoms with Crippen molar-refractivity contribution in [2.24, 2.45) is 0 Å². The third kappa shape index (κ3) is 5.50. The zero-order chi connectivity index (χ0) is 37.9. The van der Waals surface area contributed by atoms with E-state index in [2.05, 4.69) is 140 Å². The van der Waals surface area contributed by atoms with Crippen LogP contribution >= 0.6 is 0 Å². The first-order chi connectivity index (χ1) is 28.2. The third-order valence-corrected chi connectivity index (χ3v) is 11.2. The standard InChI is InChI=1S/C53H33N3O/c57-51-25-12-11-22-43(51)49-31-44(33-14-3-1-4-15-33)41-28-29-42-45(34-16-5-2-6-17-34)32-50(56-53(42)52(41)55-49)48-24-13-23-47(54-48)35-26-27-40-38-20-8-7-18-36(38)37-19-9-10-21-39(37)46(40)30-35/h1-32,57H. The number of hydrogen-bond donors (Lipinski definition) is 1. The fraction of sp³-hybridized carbons (Fsp3) is 0. The molecule has 0 unspecified atom stereocenters. The average Bonchev–Trinajstić information content (AvgIpc) is 3.29. The van der Waals surface area contributed by atoms with Crippen molar-refractivity contribution in [3.05, 3.63) is 194 Å². The van der Waals surface area contributed by atoms with Crippen LogP contribution in [-0.4, -0.2) is 20.1 Å². The molecule has 0 amide bonds. The number of aromatic nitrogens is 3. The van der Waals surface area contributed by atoms with Crippen molar-refractivity contribution in [2.75, 3.05) is 0 Å². The average molecular weight is 728 g/mol. The quantitative estimate of drug-likeness (QED) is 0.179. The van der Waals surface area contributed by atoms with E-state index in [4.69, 9.17) is 15.0 Å². The van der Waals surface area contributed by atoms with Gasteiger partial charge in [-0.05, 0) is 97.0 Å². The molecule has 0 saturated carbocycles. The van der Waals surface area contributed by atoms with Gasteiger partial charge in [0.2, 0.25) is 0 Å².